The van der Waals surface area contributed by atoms with E-state index in [1.807, 2.05) is 6.92 Å². The molecule has 0 radical (unpaired) electrons. The maximum Gasteiger partial charge on any atom is 0.241 e. The van der Waals surface area contributed by atoms with E-state index >= 15 is 0 Å². The smallest absolute Gasteiger partial charge is 0.241 e. The summed E-state index contributed by atoms with van der Waals surface area (Å²) in [6, 6.07) is 4.43. The summed E-state index contributed by atoms with van der Waals surface area (Å²) in [5.41, 5.74) is 0.238. The van der Waals surface area contributed by atoms with Crippen LogP contribution in [-0.4, -0.2) is 29.9 Å². The van der Waals surface area contributed by atoms with Crippen LogP contribution < -0.4 is 5.32 Å². The van der Waals surface area contributed by atoms with E-state index in [9.17, 15) is 9.18 Å². The van der Waals surface area contributed by atoms with Crippen molar-refractivity contribution < 1.29 is 9.18 Å². The Hall–Kier alpha value is -0.940. The highest BCUT2D eigenvalue weighted by atomic mass is 79.9. The zero-order chi connectivity index (χ0) is 15.2. The Morgan fingerprint density at radius 1 is 1.24 bits per heavy atom. The van der Waals surface area contributed by atoms with Crippen LogP contribution in [-0.2, 0) is 4.79 Å². The highest BCUT2D eigenvalue weighted by Gasteiger charge is 2.22. The summed E-state index contributed by atoms with van der Waals surface area (Å²) in [5, 5.41) is 2.69. The zero-order valence-corrected chi connectivity index (χ0v) is 14.0. The summed E-state index contributed by atoms with van der Waals surface area (Å²) in [5.74, 6) is -0.561. The van der Waals surface area contributed by atoms with Gasteiger partial charge in [-0.15, -0.1) is 0 Å². The van der Waals surface area contributed by atoms with Crippen molar-refractivity contribution in [2.45, 2.75) is 45.1 Å². The number of hydrogen-bond donors (Lipinski definition) is 1. The predicted octanol–water partition coefficient (Wildman–Crippen LogP) is 4.18. The molecular weight excluding hydrogens is 335 g/mol. The van der Waals surface area contributed by atoms with Gasteiger partial charge in [-0.05, 0) is 51.1 Å². The van der Waals surface area contributed by atoms with E-state index in [-0.39, 0.29) is 17.6 Å². The summed E-state index contributed by atoms with van der Waals surface area (Å²) in [4.78, 5) is 14.5. The second-order valence-electron chi connectivity index (χ2n) is 5.59. The van der Waals surface area contributed by atoms with Crippen LogP contribution in [0.1, 0.15) is 39.0 Å². The summed E-state index contributed by atoms with van der Waals surface area (Å²) in [6.45, 7) is 3.78. The molecule has 1 amide bonds. The lowest BCUT2D eigenvalue weighted by Crippen LogP contribution is -2.43. The zero-order valence-electron chi connectivity index (χ0n) is 12.4. The van der Waals surface area contributed by atoms with Gasteiger partial charge in [0.25, 0.3) is 0 Å². The number of carbonyl (C=O) groups excluding carboxylic acids is 1. The molecule has 1 aromatic rings. The molecule has 1 N–H and O–H groups in total. The third-order valence-corrected chi connectivity index (χ3v) is 4.50. The van der Waals surface area contributed by atoms with E-state index in [4.69, 9.17) is 0 Å². The first-order valence-corrected chi connectivity index (χ1v) is 8.37. The van der Waals surface area contributed by atoms with Crippen molar-refractivity contribution in [2.24, 2.45) is 0 Å². The average Bonchev–Trinajstić information content (AvgIpc) is 2.41. The van der Waals surface area contributed by atoms with Crippen molar-refractivity contribution >= 4 is 27.5 Å². The van der Waals surface area contributed by atoms with Gasteiger partial charge >= 0.3 is 0 Å². The van der Waals surface area contributed by atoms with Crippen LogP contribution in [0.3, 0.4) is 0 Å². The molecule has 1 heterocycles. The molecule has 1 atom stereocenters. The number of anilines is 1. The van der Waals surface area contributed by atoms with Crippen LogP contribution in [0.5, 0.6) is 0 Å². The molecule has 3 nitrogen and oxygen atoms in total. The minimum absolute atomic E-state index is 0.142. The first-order chi connectivity index (χ1) is 10.1. The van der Waals surface area contributed by atoms with Crippen molar-refractivity contribution in [3.05, 3.63) is 28.5 Å². The fourth-order valence-electron chi connectivity index (χ4n) is 2.65. The van der Waals surface area contributed by atoms with Crippen molar-refractivity contribution in [2.75, 3.05) is 18.4 Å². The van der Waals surface area contributed by atoms with Gasteiger partial charge in [-0.3, -0.25) is 9.69 Å². The van der Waals surface area contributed by atoms with Crippen LogP contribution in [0.15, 0.2) is 22.7 Å². The fraction of sp³-hybridized carbons (Fsp3) is 0.562. The van der Waals surface area contributed by atoms with Gasteiger partial charge < -0.3 is 5.32 Å². The fourth-order valence-corrected chi connectivity index (χ4v) is 2.99. The maximum absolute atomic E-state index is 13.8. The minimum atomic E-state index is -0.419. The average molecular weight is 357 g/mol. The van der Waals surface area contributed by atoms with Crippen LogP contribution in [0, 0.1) is 5.82 Å². The molecule has 1 fully saturated rings. The molecule has 2 rings (SSSR count). The van der Waals surface area contributed by atoms with Crippen molar-refractivity contribution in [1.29, 1.82) is 0 Å². The van der Waals surface area contributed by atoms with Crippen LogP contribution in [0.25, 0.3) is 0 Å². The molecule has 1 aromatic carbocycles. The first kappa shape index (κ1) is 16.4. The number of amides is 1. The largest absolute Gasteiger partial charge is 0.322 e. The Balaban J connectivity index is 1.97. The molecule has 0 spiro atoms. The Bertz CT molecular complexity index is 487. The highest BCUT2D eigenvalue weighted by molar-refractivity contribution is 9.10. The molecule has 21 heavy (non-hydrogen) atoms. The van der Waals surface area contributed by atoms with Crippen LogP contribution >= 0.6 is 15.9 Å². The number of rotatable bonds is 3. The number of nitrogens with one attached hydrogen (secondary N) is 1. The molecule has 1 saturated heterocycles. The maximum atomic E-state index is 13.8. The van der Waals surface area contributed by atoms with E-state index in [2.05, 4.69) is 26.1 Å². The molecule has 1 aliphatic rings. The Morgan fingerprint density at radius 2 is 1.86 bits per heavy atom. The van der Waals surface area contributed by atoms with Gasteiger partial charge in [-0.1, -0.05) is 35.2 Å². The summed E-state index contributed by atoms with van der Waals surface area (Å²) in [7, 11) is 0. The van der Waals surface area contributed by atoms with E-state index in [1.54, 1.807) is 12.1 Å². The van der Waals surface area contributed by atoms with Crippen molar-refractivity contribution in [1.82, 2.24) is 4.90 Å². The third kappa shape index (κ3) is 4.78. The van der Waals surface area contributed by atoms with Crippen molar-refractivity contribution in [3.63, 3.8) is 0 Å². The molecule has 0 unspecified atom stereocenters. The molecular formula is C16H22BrFN2O. The van der Waals surface area contributed by atoms with Gasteiger partial charge in [0.05, 0.1) is 11.7 Å². The van der Waals surface area contributed by atoms with Gasteiger partial charge in [0.2, 0.25) is 5.91 Å². The Labute approximate surface area is 134 Å². The quantitative estimate of drug-likeness (QED) is 0.880. The summed E-state index contributed by atoms with van der Waals surface area (Å²) in [6.07, 6.45) is 6.01. The number of benzene rings is 1. The van der Waals surface area contributed by atoms with E-state index < -0.39 is 5.82 Å². The SMILES string of the molecule is C[C@@H](C(=O)Nc1ccc(Br)cc1F)N1CCCCCCC1. The number of hydrogen-bond acceptors (Lipinski definition) is 2. The van der Waals surface area contributed by atoms with Crippen LogP contribution in [0.2, 0.25) is 0 Å². The standard InChI is InChI=1S/C16H22BrFN2O/c1-12(20-9-5-3-2-4-6-10-20)16(21)19-15-8-7-13(17)11-14(15)18/h7-8,11-12H,2-6,9-10H2,1H3,(H,19,21)/t12-/m0/s1. The van der Waals surface area contributed by atoms with Crippen molar-refractivity contribution in [3.8, 4) is 0 Å². The predicted molar refractivity (Wildman–Crippen MR) is 86.8 cm³/mol. The van der Waals surface area contributed by atoms with Gasteiger partial charge in [0, 0.05) is 4.47 Å². The monoisotopic (exact) mass is 356 g/mol. The number of halogens is 2. The molecule has 0 saturated carbocycles. The van der Waals surface area contributed by atoms with Gasteiger partial charge in [-0.25, -0.2) is 4.39 Å². The Morgan fingerprint density at radius 3 is 2.48 bits per heavy atom. The highest BCUT2D eigenvalue weighted by Crippen LogP contribution is 2.20. The van der Waals surface area contributed by atoms with E-state index in [0.717, 1.165) is 25.9 Å². The van der Waals surface area contributed by atoms with E-state index in [0.29, 0.717) is 4.47 Å². The molecule has 116 valence electrons. The summed E-state index contributed by atoms with van der Waals surface area (Å²) < 4.78 is 14.4. The second-order valence-corrected chi connectivity index (χ2v) is 6.51. The lowest BCUT2D eigenvalue weighted by atomic mass is 10.1. The number of carbonyl (C=O) groups is 1. The molecule has 5 heteroatoms. The molecule has 0 bridgehead atoms. The van der Waals surface area contributed by atoms with E-state index in [1.165, 1.54) is 25.3 Å². The first-order valence-electron chi connectivity index (χ1n) is 7.58. The molecule has 0 aromatic heterocycles. The third-order valence-electron chi connectivity index (χ3n) is 4.01. The summed E-state index contributed by atoms with van der Waals surface area (Å²) >= 11 is 3.21. The van der Waals surface area contributed by atoms with Crippen LogP contribution in [0.4, 0.5) is 10.1 Å². The van der Waals surface area contributed by atoms with Gasteiger partial charge in [0.1, 0.15) is 5.82 Å². The number of nitrogens with zero attached hydrogens (tertiary/aromatic N) is 1. The minimum Gasteiger partial charge on any atom is -0.322 e. The molecule has 1 aliphatic heterocycles. The van der Waals surface area contributed by atoms with Gasteiger partial charge in [-0.2, -0.15) is 0 Å². The number of likely N-dealkylation sites (tertiary alicyclic amines) is 1. The Kier molecular flexibility index (Phi) is 6.18. The lowest BCUT2D eigenvalue weighted by molar-refractivity contribution is -0.120. The molecule has 0 aliphatic carbocycles. The van der Waals surface area contributed by atoms with Gasteiger partial charge in [0.15, 0.2) is 0 Å². The topological polar surface area (TPSA) is 32.3 Å². The second kappa shape index (κ2) is 7.90. The normalized spacial score (nSPS) is 18.6. The lowest BCUT2D eigenvalue weighted by Gasteiger charge is -2.29.